The minimum atomic E-state index is -4.95. The first-order valence-electron chi connectivity index (χ1n) is 14.3. The largest absolute Gasteiger partial charge is 0.416 e. The molecule has 2 atom stereocenters. The lowest BCUT2D eigenvalue weighted by Gasteiger charge is -2.34. The van der Waals surface area contributed by atoms with E-state index in [1.165, 1.54) is 36.8 Å². The van der Waals surface area contributed by atoms with Gasteiger partial charge in [0.05, 0.1) is 11.1 Å². The summed E-state index contributed by atoms with van der Waals surface area (Å²) in [4.78, 5) is 12.8. The number of hydroxylamine groups is 3. The van der Waals surface area contributed by atoms with Crippen LogP contribution in [0.3, 0.4) is 0 Å². The maximum Gasteiger partial charge on any atom is 0.416 e. The molecule has 0 radical (unpaired) electrons. The van der Waals surface area contributed by atoms with Crippen molar-refractivity contribution in [3.63, 3.8) is 0 Å². The van der Waals surface area contributed by atoms with Crippen LogP contribution in [0.15, 0.2) is 35.3 Å². The molecule has 5 rings (SSSR count). The van der Waals surface area contributed by atoms with Crippen LogP contribution < -0.4 is 10.6 Å². The van der Waals surface area contributed by atoms with E-state index in [0.29, 0.717) is 5.92 Å². The van der Waals surface area contributed by atoms with Crippen LogP contribution in [-0.2, 0) is 43.1 Å². The van der Waals surface area contributed by atoms with E-state index >= 15 is 0 Å². The van der Waals surface area contributed by atoms with E-state index in [-0.39, 0.29) is 30.7 Å². The number of aliphatic imine (C=N–C) groups is 1. The van der Waals surface area contributed by atoms with Gasteiger partial charge in [0.15, 0.2) is 0 Å². The van der Waals surface area contributed by atoms with Gasteiger partial charge in [-0.2, -0.15) is 36.2 Å². The maximum atomic E-state index is 13.6. The van der Waals surface area contributed by atoms with E-state index in [4.69, 9.17) is 10.6 Å². The van der Waals surface area contributed by atoms with Crippen LogP contribution in [0.5, 0.6) is 0 Å². The van der Waals surface area contributed by atoms with Gasteiger partial charge in [0, 0.05) is 29.9 Å². The quantitative estimate of drug-likeness (QED) is 0.261. The molecule has 2 aromatic carbocycles. The van der Waals surface area contributed by atoms with Crippen molar-refractivity contribution in [2.45, 2.75) is 90.5 Å². The lowest BCUT2D eigenvalue weighted by atomic mass is 10.00. The summed E-state index contributed by atoms with van der Waals surface area (Å²) >= 11 is 0. The molecular formula is C30H37F6N4O+. The summed E-state index contributed by atoms with van der Waals surface area (Å²) in [6.45, 7) is 5.21. The average molecular weight is 584 g/mol. The third kappa shape index (κ3) is 6.35. The summed E-state index contributed by atoms with van der Waals surface area (Å²) in [5.74, 6) is 0.605. The number of nitrogens with two attached hydrogens (primary N) is 1. The number of hydrogen-bond donors (Lipinski definition) is 1. The Morgan fingerprint density at radius 3 is 2.05 bits per heavy atom. The van der Waals surface area contributed by atoms with Crippen LogP contribution in [0, 0.1) is 5.92 Å². The Labute approximate surface area is 236 Å². The molecule has 2 aromatic rings. The van der Waals surface area contributed by atoms with Crippen molar-refractivity contribution in [3.05, 3.63) is 63.7 Å². The molecule has 2 aliphatic carbocycles. The highest BCUT2D eigenvalue weighted by atomic mass is 19.4. The summed E-state index contributed by atoms with van der Waals surface area (Å²) in [7, 11) is 0. The topological polar surface area (TPSA) is 50.8 Å². The number of halogens is 6. The van der Waals surface area contributed by atoms with Crippen molar-refractivity contribution >= 4 is 11.6 Å². The molecule has 0 amide bonds. The molecule has 1 fully saturated rings. The van der Waals surface area contributed by atoms with Crippen molar-refractivity contribution in [1.29, 1.82) is 0 Å². The minimum absolute atomic E-state index is 0.0220. The van der Waals surface area contributed by atoms with Gasteiger partial charge < -0.3 is 10.6 Å². The molecule has 0 aromatic heterocycles. The molecule has 1 heterocycles. The van der Waals surface area contributed by atoms with Crippen molar-refractivity contribution in [2.75, 3.05) is 18.0 Å². The fourth-order valence-electron chi connectivity index (χ4n) is 6.62. The van der Waals surface area contributed by atoms with Gasteiger partial charge in [-0.1, -0.05) is 12.8 Å². The molecule has 224 valence electrons. The molecule has 2 unspecified atom stereocenters. The number of nitrogens with zero attached hydrogens (tertiary/aromatic N) is 3. The molecular weight excluding hydrogens is 546 g/mol. The zero-order chi connectivity index (χ0) is 29.6. The molecule has 2 N–H and O–H groups in total. The van der Waals surface area contributed by atoms with Gasteiger partial charge in [-0.05, 0) is 93.3 Å². The fraction of sp³-hybridized carbons (Fsp3) is 0.567. The lowest BCUT2D eigenvalue weighted by Crippen LogP contribution is -2.52. The van der Waals surface area contributed by atoms with E-state index in [1.54, 1.807) is 6.92 Å². The molecule has 3 aliphatic rings. The molecule has 11 heteroatoms. The fourth-order valence-corrected chi connectivity index (χ4v) is 6.62. The molecule has 0 spiro atoms. The third-order valence-corrected chi connectivity index (χ3v) is 8.57. The highest BCUT2D eigenvalue weighted by Gasteiger charge is 2.46. The van der Waals surface area contributed by atoms with Crippen LogP contribution in [0.25, 0.3) is 0 Å². The van der Waals surface area contributed by atoms with Crippen LogP contribution in [-0.4, -0.2) is 29.9 Å². The number of alkyl halides is 6. The van der Waals surface area contributed by atoms with E-state index in [0.717, 1.165) is 55.7 Å². The smallest absolute Gasteiger partial charge is 0.371 e. The summed E-state index contributed by atoms with van der Waals surface area (Å²) in [6, 6.07) is 5.97. The number of rotatable bonds is 8. The molecule has 41 heavy (non-hydrogen) atoms. The highest BCUT2D eigenvalue weighted by Crippen LogP contribution is 2.40. The molecule has 0 bridgehead atoms. The monoisotopic (exact) mass is 583 g/mol. The zero-order valence-corrected chi connectivity index (χ0v) is 23.4. The highest BCUT2D eigenvalue weighted by molar-refractivity contribution is 5.72. The number of aryl methyl sites for hydroxylation is 2. The van der Waals surface area contributed by atoms with Crippen LogP contribution >= 0.6 is 0 Å². The average Bonchev–Trinajstić information content (AvgIpc) is 3.62. The van der Waals surface area contributed by atoms with E-state index < -0.39 is 34.4 Å². The second kappa shape index (κ2) is 11.1. The summed E-state index contributed by atoms with van der Waals surface area (Å²) in [5.41, 5.74) is 7.90. The Balaban J connectivity index is 1.57. The van der Waals surface area contributed by atoms with Gasteiger partial charge in [-0.25, -0.2) is 0 Å². The zero-order valence-electron chi connectivity index (χ0n) is 23.4. The van der Waals surface area contributed by atoms with Gasteiger partial charge >= 0.3 is 18.3 Å². The second-order valence-corrected chi connectivity index (χ2v) is 11.6. The third-order valence-electron chi connectivity index (χ3n) is 8.57. The van der Waals surface area contributed by atoms with E-state index in [9.17, 15) is 26.3 Å². The SMILES string of the molecule is CCN(CC1CCCC1)c1cc2c(cc1C[N+]1(Cc3cc(C(F)(F)F)cc(C(F)(F)F)c3)OC(C)N=C1N)CCC2. The molecule has 1 aliphatic heterocycles. The molecule has 0 saturated heterocycles. The van der Waals surface area contributed by atoms with Crippen LogP contribution in [0.2, 0.25) is 0 Å². The van der Waals surface area contributed by atoms with Crippen molar-refractivity contribution in [1.82, 2.24) is 0 Å². The Bertz CT molecular complexity index is 1270. The van der Waals surface area contributed by atoms with Crippen molar-refractivity contribution in [2.24, 2.45) is 16.6 Å². The van der Waals surface area contributed by atoms with Gasteiger partial charge in [-0.3, -0.25) is 0 Å². The molecule has 1 saturated carbocycles. The van der Waals surface area contributed by atoms with Gasteiger partial charge in [0.2, 0.25) is 6.23 Å². The van der Waals surface area contributed by atoms with Crippen LogP contribution in [0.1, 0.15) is 79.3 Å². The normalized spacial score (nSPS) is 23.2. The number of guanidine groups is 1. The minimum Gasteiger partial charge on any atom is -0.371 e. The summed E-state index contributed by atoms with van der Waals surface area (Å²) in [5, 5.41) is 0. The van der Waals surface area contributed by atoms with E-state index in [2.05, 4.69) is 28.9 Å². The first-order chi connectivity index (χ1) is 19.3. The first-order valence-corrected chi connectivity index (χ1v) is 14.3. The number of hydrogen-bond acceptors (Lipinski definition) is 4. The molecule has 5 nitrogen and oxygen atoms in total. The Morgan fingerprint density at radius 2 is 1.51 bits per heavy atom. The van der Waals surface area contributed by atoms with E-state index in [1.807, 2.05) is 0 Å². The number of quaternary nitrogens is 1. The number of benzene rings is 2. The maximum absolute atomic E-state index is 13.6. The van der Waals surface area contributed by atoms with Crippen molar-refractivity contribution in [3.8, 4) is 0 Å². The van der Waals surface area contributed by atoms with Gasteiger partial charge in [0.25, 0.3) is 0 Å². The lowest BCUT2D eigenvalue weighted by molar-refractivity contribution is -1.06. The number of fused-ring (bicyclic) bond motifs is 1. The van der Waals surface area contributed by atoms with Gasteiger partial charge in [0.1, 0.15) is 13.1 Å². The Morgan fingerprint density at radius 1 is 0.902 bits per heavy atom. The predicted octanol–water partition coefficient (Wildman–Crippen LogP) is 7.35. The predicted molar refractivity (Wildman–Crippen MR) is 145 cm³/mol. The Hall–Kier alpha value is -2.79. The Kier molecular flexibility index (Phi) is 8.06. The van der Waals surface area contributed by atoms with Gasteiger partial charge in [-0.15, -0.1) is 4.65 Å². The summed E-state index contributed by atoms with van der Waals surface area (Å²) < 4.78 is 81.4. The van der Waals surface area contributed by atoms with Crippen molar-refractivity contribution < 1.29 is 35.8 Å². The number of anilines is 1. The first kappa shape index (κ1) is 29.7. The second-order valence-electron chi connectivity index (χ2n) is 11.6. The summed E-state index contributed by atoms with van der Waals surface area (Å²) in [6.07, 6.45) is -2.89. The standard InChI is InChI=1S/C30H37F6N4O/c1-3-39(16-20-7-4-5-8-20)27-14-23-10-6-9-22(23)13-24(27)18-40(28(37)38-19(2)41-40)17-21-11-25(29(31,32)33)15-26(12-21)30(34,35)36/h11-15,19-20H,3-10,16-18H2,1-2H3,(H2,37,38)/q+1. The van der Waals surface area contributed by atoms with Crippen LogP contribution in [0.4, 0.5) is 32.0 Å².